The molecule has 4 aromatic rings. The van der Waals surface area contributed by atoms with E-state index < -0.39 is 0 Å². The van der Waals surface area contributed by atoms with Crippen molar-refractivity contribution in [1.29, 1.82) is 0 Å². The first kappa shape index (κ1) is 14.7. The SMILES string of the molecule is Cc1cc2nnc(-c3csc(Nc4cccc(F)c4)n3)c(C)n2n1. The first-order valence-corrected chi connectivity index (χ1v) is 8.16. The summed E-state index contributed by atoms with van der Waals surface area (Å²) in [6, 6.07) is 8.13. The molecule has 0 saturated carbocycles. The molecule has 6 nitrogen and oxygen atoms in total. The summed E-state index contributed by atoms with van der Waals surface area (Å²) in [6.45, 7) is 3.85. The number of aromatic nitrogens is 5. The van der Waals surface area contributed by atoms with Gasteiger partial charge in [0.25, 0.3) is 0 Å². The quantitative estimate of drug-likeness (QED) is 0.615. The van der Waals surface area contributed by atoms with Gasteiger partial charge in [0.1, 0.15) is 17.2 Å². The Morgan fingerprint density at radius 3 is 2.88 bits per heavy atom. The molecule has 0 spiro atoms. The number of anilines is 2. The van der Waals surface area contributed by atoms with Crippen LogP contribution < -0.4 is 5.32 Å². The van der Waals surface area contributed by atoms with Gasteiger partial charge in [-0.25, -0.2) is 13.9 Å². The van der Waals surface area contributed by atoms with Gasteiger partial charge in [0, 0.05) is 17.1 Å². The summed E-state index contributed by atoms with van der Waals surface area (Å²) >= 11 is 1.42. The van der Waals surface area contributed by atoms with Crippen LogP contribution in [-0.2, 0) is 0 Å². The Morgan fingerprint density at radius 2 is 2.04 bits per heavy atom. The Bertz CT molecular complexity index is 1040. The molecule has 0 radical (unpaired) electrons. The van der Waals surface area contributed by atoms with Gasteiger partial charge < -0.3 is 5.32 Å². The monoisotopic (exact) mass is 340 g/mol. The highest BCUT2D eigenvalue weighted by Crippen LogP contribution is 2.27. The molecule has 0 unspecified atom stereocenters. The van der Waals surface area contributed by atoms with Crippen LogP contribution in [0.4, 0.5) is 15.2 Å². The molecule has 3 heterocycles. The van der Waals surface area contributed by atoms with E-state index in [2.05, 4.69) is 25.6 Å². The van der Waals surface area contributed by atoms with Crippen LogP contribution in [0, 0.1) is 19.7 Å². The lowest BCUT2D eigenvalue weighted by molar-refractivity contribution is 0.628. The van der Waals surface area contributed by atoms with Crippen molar-refractivity contribution in [3.05, 3.63) is 52.9 Å². The topological polar surface area (TPSA) is 68.0 Å². The Balaban J connectivity index is 1.68. The third-order valence-corrected chi connectivity index (χ3v) is 4.31. The van der Waals surface area contributed by atoms with E-state index >= 15 is 0 Å². The normalized spacial score (nSPS) is 11.1. The van der Waals surface area contributed by atoms with Gasteiger partial charge in [0.05, 0.1) is 11.4 Å². The highest BCUT2D eigenvalue weighted by atomic mass is 32.1. The molecule has 3 aromatic heterocycles. The van der Waals surface area contributed by atoms with Gasteiger partial charge in [0.15, 0.2) is 10.8 Å². The molecule has 0 amide bonds. The summed E-state index contributed by atoms with van der Waals surface area (Å²) in [4.78, 5) is 4.52. The largest absolute Gasteiger partial charge is 0.331 e. The van der Waals surface area contributed by atoms with Gasteiger partial charge in [-0.2, -0.15) is 5.10 Å². The zero-order chi connectivity index (χ0) is 16.7. The standard InChI is InChI=1S/C16H13FN6S/c1-9-6-14-20-21-15(10(2)23(14)22-9)13-8-24-16(19-13)18-12-5-3-4-11(17)7-12/h3-8H,1-2H3,(H,18,19). The van der Waals surface area contributed by atoms with Crippen LogP contribution in [-0.4, -0.2) is 24.8 Å². The lowest BCUT2D eigenvalue weighted by atomic mass is 10.3. The number of aryl methyl sites for hydroxylation is 2. The third kappa shape index (κ3) is 2.61. The minimum absolute atomic E-state index is 0.294. The van der Waals surface area contributed by atoms with Gasteiger partial charge >= 0.3 is 0 Å². The molecule has 4 rings (SSSR count). The molecule has 0 aliphatic rings. The van der Waals surface area contributed by atoms with Crippen LogP contribution in [0.5, 0.6) is 0 Å². The summed E-state index contributed by atoms with van der Waals surface area (Å²) in [6.07, 6.45) is 0. The Labute approximate surface area is 141 Å². The number of nitrogens with one attached hydrogen (secondary N) is 1. The molecule has 0 aliphatic carbocycles. The van der Waals surface area contributed by atoms with Crippen molar-refractivity contribution in [2.45, 2.75) is 13.8 Å². The summed E-state index contributed by atoms with van der Waals surface area (Å²) in [5.74, 6) is -0.294. The van der Waals surface area contributed by atoms with Gasteiger partial charge in [-0.3, -0.25) is 0 Å². The van der Waals surface area contributed by atoms with Crippen molar-refractivity contribution >= 4 is 27.8 Å². The van der Waals surface area contributed by atoms with E-state index in [1.54, 1.807) is 16.6 Å². The molecule has 0 bridgehead atoms. The maximum Gasteiger partial charge on any atom is 0.187 e. The number of thiazole rings is 1. The number of fused-ring (bicyclic) bond motifs is 1. The van der Waals surface area contributed by atoms with E-state index in [-0.39, 0.29) is 5.82 Å². The van der Waals surface area contributed by atoms with Crippen molar-refractivity contribution in [1.82, 2.24) is 24.8 Å². The predicted molar refractivity (Wildman–Crippen MR) is 91.0 cm³/mol. The highest BCUT2D eigenvalue weighted by Gasteiger charge is 2.14. The van der Waals surface area contributed by atoms with Crippen LogP contribution in [0.3, 0.4) is 0 Å². The van der Waals surface area contributed by atoms with Crippen molar-refractivity contribution in [2.24, 2.45) is 0 Å². The van der Waals surface area contributed by atoms with Crippen LogP contribution in [0.1, 0.15) is 11.4 Å². The highest BCUT2D eigenvalue weighted by molar-refractivity contribution is 7.14. The van der Waals surface area contributed by atoms with E-state index in [1.165, 1.54) is 23.5 Å². The summed E-state index contributed by atoms with van der Waals surface area (Å²) in [7, 11) is 0. The minimum atomic E-state index is -0.294. The van der Waals surface area contributed by atoms with Crippen LogP contribution in [0.25, 0.3) is 17.0 Å². The number of benzene rings is 1. The number of hydrogen-bond donors (Lipinski definition) is 1. The molecule has 24 heavy (non-hydrogen) atoms. The zero-order valence-corrected chi connectivity index (χ0v) is 13.8. The molecule has 0 fully saturated rings. The molecule has 0 aliphatic heterocycles. The third-order valence-electron chi connectivity index (χ3n) is 3.55. The number of rotatable bonds is 3. The minimum Gasteiger partial charge on any atom is -0.331 e. The Hall–Kier alpha value is -2.87. The van der Waals surface area contributed by atoms with Crippen LogP contribution in [0.2, 0.25) is 0 Å². The summed E-state index contributed by atoms with van der Waals surface area (Å²) in [5, 5.41) is 18.5. The molecule has 0 saturated heterocycles. The second-order valence-electron chi connectivity index (χ2n) is 5.36. The average molecular weight is 340 g/mol. The number of nitrogens with zero attached hydrogens (tertiary/aromatic N) is 5. The second-order valence-corrected chi connectivity index (χ2v) is 6.22. The first-order valence-electron chi connectivity index (χ1n) is 7.28. The Kier molecular flexibility index (Phi) is 3.46. The summed E-state index contributed by atoms with van der Waals surface area (Å²) < 4.78 is 15.0. The van der Waals surface area contributed by atoms with Crippen molar-refractivity contribution in [3.63, 3.8) is 0 Å². The van der Waals surface area contributed by atoms with E-state index in [9.17, 15) is 4.39 Å². The van der Waals surface area contributed by atoms with Crippen molar-refractivity contribution in [3.8, 4) is 11.4 Å². The van der Waals surface area contributed by atoms with Crippen molar-refractivity contribution < 1.29 is 4.39 Å². The average Bonchev–Trinajstić information content (AvgIpc) is 3.14. The number of hydrogen-bond acceptors (Lipinski definition) is 6. The molecule has 8 heteroatoms. The molecule has 1 N–H and O–H groups in total. The maximum absolute atomic E-state index is 13.3. The smallest absolute Gasteiger partial charge is 0.187 e. The second kappa shape index (κ2) is 5.64. The Morgan fingerprint density at radius 1 is 1.17 bits per heavy atom. The van der Waals surface area contributed by atoms with Crippen molar-refractivity contribution in [2.75, 3.05) is 5.32 Å². The van der Waals surface area contributed by atoms with Crippen LogP contribution >= 0.6 is 11.3 Å². The fourth-order valence-corrected chi connectivity index (χ4v) is 3.16. The fraction of sp³-hybridized carbons (Fsp3) is 0.125. The van der Waals surface area contributed by atoms with Gasteiger partial charge in [-0.1, -0.05) is 6.07 Å². The lowest BCUT2D eigenvalue weighted by Crippen LogP contribution is -2.02. The molecule has 0 atom stereocenters. The first-order chi connectivity index (χ1) is 11.6. The van der Waals surface area contributed by atoms with E-state index in [0.717, 1.165) is 11.4 Å². The maximum atomic E-state index is 13.3. The predicted octanol–water partition coefficient (Wildman–Crippen LogP) is 3.75. The zero-order valence-electron chi connectivity index (χ0n) is 13.0. The molecular weight excluding hydrogens is 327 g/mol. The van der Waals surface area contributed by atoms with Gasteiger partial charge in [0.2, 0.25) is 0 Å². The van der Waals surface area contributed by atoms with Crippen LogP contribution in [0.15, 0.2) is 35.7 Å². The summed E-state index contributed by atoms with van der Waals surface area (Å²) in [5.41, 5.74) is 4.50. The van der Waals surface area contributed by atoms with E-state index in [0.29, 0.717) is 27.9 Å². The van der Waals surface area contributed by atoms with Gasteiger partial charge in [-0.05, 0) is 32.0 Å². The molecular formula is C16H13FN6S. The number of halogens is 1. The van der Waals surface area contributed by atoms with E-state index in [1.807, 2.05) is 25.3 Å². The molecule has 120 valence electrons. The molecule has 1 aromatic carbocycles. The van der Waals surface area contributed by atoms with E-state index in [4.69, 9.17) is 0 Å². The van der Waals surface area contributed by atoms with Gasteiger partial charge in [-0.15, -0.1) is 21.5 Å². The fourth-order valence-electron chi connectivity index (χ4n) is 2.44. The lowest BCUT2D eigenvalue weighted by Gasteiger charge is -2.03.